The number of rotatable bonds is 50. The minimum atomic E-state index is -0.796. The van der Waals surface area contributed by atoms with Crippen molar-refractivity contribution in [3.8, 4) is 0 Å². The monoisotopic (exact) mass is 910 g/mol. The normalized spacial score (nSPS) is 13.6. The highest BCUT2D eigenvalue weighted by Gasteiger charge is 2.24. The van der Waals surface area contributed by atoms with Gasteiger partial charge in [0.05, 0.1) is 25.2 Å². The largest absolute Gasteiger partial charge is 0.462 e. The Morgan fingerprint density at radius 1 is 0.462 bits per heavy atom. The van der Waals surface area contributed by atoms with Gasteiger partial charge in [-0.25, -0.2) is 0 Å². The van der Waals surface area contributed by atoms with Crippen LogP contribution in [0.5, 0.6) is 0 Å². The third kappa shape index (κ3) is 47.8. The van der Waals surface area contributed by atoms with Gasteiger partial charge in [-0.1, -0.05) is 255 Å². The molecule has 65 heavy (non-hydrogen) atoms. The molecule has 0 aliphatic rings. The van der Waals surface area contributed by atoms with E-state index in [0.29, 0.717) is 19.3 Å². The van der Waals surface area contributed by atoms with E-state index in [9.17, 15) is 19.8 Å². The van der Waals surface area contributed by atoms with Crippen molar-refractivity contribution in [3.05, 3.63) is 60.8 Å². The maximum absolute atomic E-state index is 13.3. The van der Waals surface area contributed by atoms with E-state index in [2.05, 4.69) is 68.6 Å². The van der Waals surface area contributed by atoms with Crippen molar-refractivity contribution in [1.29, 1.82) is 0 Å². The van der Waals surface area contributed by atoms with Crippen LogP contribution in [-0.4, -0.2) is 46.9 Å². The van der Waals surface area contributed by atoms with E-state index in [1.165, 1.54) is 141 Å². The Kier molecular flexibility index (Phi) is 50.6. The van der Waals surface area contributed by atoms with E-state index >= 15 is 0 Å². The maximum atomic E-state index is 13.3. The lowest BCUT2D eigenvalue weighted by atomic mass is 10.0. The quantitative estimate of drug-likeness (QED) is 0.0245. The van der Waals surface area contributed by atoms with Crippen LogP contribution in [0.25, 0.3) is 0 Å². The highest BCUT2D eigenvalue weighted by molar-refractivity contribution is 5.77. The molecule has 0 aromatic carbocycles. The Bertz CT molecular complexity index is 1160. The summed E-state index contributed by atoms with van der Waals surface area (Å²) in [5.74, 6) is -0.502. The highest BCUT2D eigenvalue weighted by Crippen LogP contribution is 2.18. The van der Waals surface area contributed by atoms with Crippen LogP contribution in [0.4, 0.5) is 0 Å². The summed E-state index contributed by atoms with van der Waals surface area (Å²) in [4.78, 5) is 26.2. The summed E-state index contributed by atoms with van der Waals surface area (Å²) in [7, 11) is 0. The molecule has 0 aromatic rings. The first kappa shape index (κ1) is 62.6. The zero-order valence-electron chi connectivity index (χ0n) is 43.1. The molecule has 378 valence electrons. The van der Waals surface area contributed by atoms with Crippen LogP contribution in [-0.2, 0) is 14.3 Å². The number of aliphatic hydroxyl groups excluding tert-OH is 2. The molecule has 0 heterocycles. The maximum Gasteiger partial charge on any atom is 0.306 e. The number of nitrogens with one attached hydrogen (secondary N) is 1. The SMILES string of the molecule is CC/C=C/C=C/C=C/C=C\CCCCCCCC(=O)OC(CCCCCCC/C=C/CCCCCCCC)CC(=O)NC(CO)C(O)CCCCCCCCCCCCCCCCCC. The van der Waals surface area contributed by atoms with Crippen molar-refractivity contribution >= 4 is 11.9 Å². The first-order valence-electron chi connectivity index (χ1n) is 28.1. The van der Waals surface area contributed by atoms with Crippen LogP contribution >= 0.6 is 0 Å². The molecule has 6 nitrogen and oxygen atoms in total. The predicted octanol–water partition coefficient (Wildman–Crippen LogP) is 17.2. The predicted molar refractivity (Wildman–Crippen MR) is 282 cm³/mol. The molecule has 0 spiro atoms. The average Bonchev–Trinajstić information content (AvgIpc) is 3.30. The number of amides is 1. The lowest BCUT2D eigenvalue weighted by Crippen LogP contribution is -2.46. The molecule has 0 radical (unpaired) electrons. The van der Waals surface area contributed by atoms with E-state index in [-0.39, 0.29) is 24.9 Å². The molecular weight excluding hydrogens is 803 g/mol. The fourth-order valence-corrected chi connectivity index (χ4v) is 8.44. The van der Waals surface area contributed by atoms with Crippen molar-refractivity contribution < 1.29 is 24.5 Å². The molecule has 0 bridgehead atoms. The van der Waals surface area contributed by atoms with Gasteiger partial charge < -0.3 is 20.3 Å². The van der Waals surface area contributed by atoms with Crippen LogP contribution in [0.1, 0.15) is 278 Å². The van der Waals surface area contributed by atoms with E-state index in [1.54, 1.807) is 0 Å². The first-order valence-corrected chi connectivity index (χ1v) is 28.1. The van der Waals surface area contributed by atoms with E-state index < -0.39 is 18.2 Å². The summed E-state index contributed by atoms with van der Waals surface area (Å²) in [5, 5.41) is 23.9. The number of hydrogen-bond acceptors (Lipinski definition) is 5. The molecule has 0 rings (SSSR count). The number of carbonyl (C=O) groups is 2. The van der Waals surface area contributed by atoms with Crippen molar-refractivity contribution in [1.82, 2.24) is 5.32 Å². The second-order valence-corrected chi connectivity index (χ2v) is 19.0. The van der Waals surface area contributed by atoms with Crippen molar-refractivity contribution in [3.63, 3.8) is 0 Å². The molecule has 0 aromatic heterocycles. The zero-order chi connectivity index (χ0) is 47.4. The Morgan fingerprint density at radius 3 is 1.31 bits per heavy atom. The Balaban J connectivity index is 4.59. The van der Waals surface area contributed by atoms with Crippen molar-refractivity contribution in [2.24, 2.45) is 0 Å². The van der Waals surface area contributed by atoms with Crippen LogP contribution in [0.2, 0.25) is 0 Å². The third-order valence-electron chi connectivity index (χ3n) is 12.7. The van der Waals surface area contributed by atoms with Crippen LogP contribution < -0.4 is 5.32 Å². The number of esters is 1. The van der Waals surface area contributed by atoms with E-state index in [4.69, 9.17) is 4.74 Å². The van der Waals surface area contributed by atoms with Gasteiger partial charge in [-0.15, -0.1) is 0 Å². The molecule has 0 fully saturated rings. The van der Waals surface area contributed by atoms with Gasteiger partial charge in [0.2, 0.25) is 5.91 Å². The van der Waals surface area contributed by atoms with Crippen molar-refractivity contribution in [2.75, 3.05) is 6.61 Å². The average molecular weight is 911 g/mol. The van der Waals surface area contributed by atoms with Crippen LogP contribution in [0, 0.1) is 0 Å². The van der Waals surface area contributed by atoms with Gasteiger partial charge in [0.25, 0.3) is 0 Å². The molecule has 3 atom stereocenters. The second kappa shape index (κ2) is 52.5. The van der Waals surface area contributed by atoms with Gasteiger partial charge in [0, 0.05) is 6.42 Å². The number of unbranched alkanes of at least 4 members (excludes halogenated alkanes) is 31. The van der Waals surface area contributed by atoms with Gasteiger partial charge in [0.15, 0.2) is 0 Å². The minimum absolute atomic E-state index is 0.0618. The highest BCUT2D eigenvalue weighted by atomic mass is 16.5. The smallest absolute Gasteiger partial charge is 0.306 e. The van der Waals surface area contributed by atoms with Gasteiger partial charge in [-0.3, -0.25) is 9.59 Å². The number of carbonyl (C=O) groups excluding carboxylic acids is 2. The number of allylic oxidation sites excluding steroid dienone is 10. The zero-order valence-corrected chi connectivity index (χ0v) is 43.1. The fourth-order valence-electron chi connectivity index (χ4n) is 8.44. The molecule has 3 N–H and O–H groups in total. The second-order valence-electron chi connectivity index (χ2n) is 19.0. The molecule has 3 unspecified atom stereocenters. The van der Waals surface area contributed by atoms with Crippen molar-refractivity contribution in [2.45, 2.75) is 296 Å². The molecule has 0 aliphatic heterocycles. The first-order chi connectivity index (χ1) is 32.0. The number of aliphatic hydroxyl groups is 2. The van der Waals surface area contributed by atoms with Crippen LogP contribution in [0.15, 0.2) is 60.8 Å². The number of hydrogen-bond donors (Lipinski definition) is 3. The molecule has 1 amide bonds. The summed E-state index contributed by atoms with van der Waals surface area (Å²) in [6, 6.07) is -0.711. The molecule has 0 aliphatic carbocycles. The standard InChI is InChI=1S/C59H107NO5/c1-4-7-10-13-16-19-22-25-28-31-33-36-39-42-45-48-51-57(62)56(54-61)60-58(63)53-55(50-47-44-41-38-35-32-29-26-23-20-17-14-11-8-5-2)65-59(64)52-49-46-43-40-37-34-30-27-24-21-18-15-12-9-6-3/h9,12,15,18,21,24,26-27,29-30,55-57,61-62H,4-8,10-11,13-14,16-17,19-20,22-23,25,28,31-54H2,1-3H3,(H,60,63)/b12-9+,18-15+,24-21+,29-26+,30-27-. The summed E-state index contributed by atoms with van der Waals surface area (Å²) in [6.07, 6.45) is 65.6. The Morgan fingerprint density at radius 2 is 0.846 bits per heavy atom. The molecular formula is C59H107NO5. The van der Waals surface area contributed by atoms with Gasteiger partial charge in [-0.05, 0) is 70.6 Å². The van der Waals surface area contributed by atoms with E-state index in [0.717, 1.165) is 89.9 Å². The summed E-state index contributed by atoms with van der Waals surface area (Å²) < 4.78 is 5.94. The van der Waals surface area contributed by atoms with Gasteiger partial charge >= 0.3 is 5.97 Å². The summed E-state index contributed by atoms with van der Waals surface area (Å²) >= 11 is 0. The van der Waals surface area contributed by atoms with Gasteiger partial charge in [0.1, 0.15) is 6.10 Å². The molecule has 6 heteroatoms. The number of ether oxygens (including phenoxy) is 1. The lowest BCUT2D eigenvalue weighted by molar-refractivity contribution is -0.151. The summed E-state index contributed by atoms with van der Waals surface area (Å²) in [5.41, 5.74) is 0. The Hall–Kier alpha value is -2.44. The van der Waals surface area contributed by atoms with Gasteiger partial charge in [-0.2, -0.15) is 0 Å². The topological polar surface area (TPSA) is 95.9 Å². The third-order valence-corrected chi connectivity index (χ3v) is 12.7. The summed E-state index contributed by atoms with van der Waals surface area (Å²) in [6.45, 7) is 6.36. The lowest BCUT2D eigenvalue weighted by Gasteiger charge is -2.24. The Labute approximate surface area is 403 Å². The minimum Gasteiger partial charge on any atom is -0.462 e. The molecule has 0 saturated carbocycles. The fraction of sp³-hybridized carbons (Fsp3) is 0.797. The van der Waals surface area contributed by atoms with Crippen LogP contribution in [0.3, 0.4) is 0 Å². The molecule has 0 saturated heterocycles. The van der Waals surface area contributed by atoms with E-state index in [1.807, 2.05) is 18.2 Å².